The lowest BCUT2D eigenvalue weighted by molar-refractivity contribution is -0.147. The predicted octanol–water partition coefficient (Wildman–Crippen LogP) is 4.33. The molecule has 3 amide bonds. The standard InChI is InChI=1S/C25H39N3O4/c1-7-12-17(2)26-22(29)21(19-13-9-8-10-14-19)28(20-15-11-16-20)23(30)18(3)27-24(31)32-25(4,5)6/h8-10,13-14,17-18,20-21H,7,11-12,15-16H2,1-6H3,(H,26,29)(H,27,31). The fourth-order valence-corrected chi connectivity index (χ4v) is 3.85. The van der Waals surface area contributed by atoms with Crippen molar-refractivity contribution in [2.75, 3.05) is 0 Å². The number of rotatable bonds is 9. The maximum absolute atomic E-state index is 13.6. The average molecular weight is 446 g/mol. The largest absolute Gasteiger partial charge is 0.444 e. The third kappa shape index (κ3) is 7.24. The van der Waals surface area contributed by atoms with Crippen LogP contribution in [0.25, 0.3) is 0 Å². The van der Waals surface area contributed by atoms with E-state index < -0.39 is 23.8 Å². The van der Waals surface area contributed by atoms with E-state index in [1.807, 2.05) is 37.3 Å². The summed E-state index contributed by atoms with van der Waals surface area (Å²) in [5, 5.41) is 5.73. The van der Waals surface area contributed by atoms with E-state index in [1.54, 1.807) is 32.6 Å². The molecule has 2 N–H and O–H groups in total. The van der Waals surface area contributed by atoms with Gasteiger partial charge in [0.05, 0.1) is 0 Å². The van der Waals surface area contributed by atoms with E-state index in [4.69, 9.17) is 4.74 Å². The number of nitrogens with zero attached hydrogens (tertiary/aromatic N) is 1. The predicted molar refractivity (Wildman–Crippen MR) is 125 cm³/mol. The van der Waals surface area contributed by atoms with E-state index in [1.165, 1.54) is 0 Å². The van der Waals surface area contributed by atoms with Gasteiger partial charge in [-0.2, -0.15) is 0 Å². The fourth-order valence-electron chi connectivity index (χ4n) is 3.85. The Morgan fingerprint density at radius 1 is 1.09 bits per heavy atom. The summed E-state index contributed by atoms with van der Waals surface area (Å²) in [5.41, 5.74) is 0.0981. The first kappa shape index (κ1) is 25.7. The quantitative estimate of drug-likeness (QED) is 0.592. The summed E-state index contributed by atoms with van der Waals surface area (Å²) in [5.74, 6) is -0.477. The highest BCUT2D eigenvalue weighted by atomic mass is 16.6. The molecule has 178 valence electrons. The van der Waals surface area contributed by atoms with E-state index >= 15 is 0 Å². The number of nitrogens with one attached hydrogen (secondary N) is 2. The van der Waals surface area contributed by atoms with Crippen molar-refractivity contribution in [1.82, 2.24) is 15.5 Å². The summed E-state index contributed by atoms with van der Waals surface area (Å²) in [4.78, 5) is 41.0. The smallest absolute Gasteiger partial charge is 0.408 e. The number of benzene rings is 1. The van der Waals surface area contributed by atoms with Gasteiger partial charge in [-0.05, 0) is 65.9 Å². The molecule has 0 bridgehead atoms. The Morgan fingerprint density at radius 2 is 1.72 bits per heavy atom. The lowest BCUT2D eigenvalue weighted by Crippen LogP contribution is -2.57. The number of carbonyl (C=O) groups excluding carboxylic acids is 3. The topological polar surface area (TPSA) is 87.7 Å². The third-order valence-corrected chi connectivity index (χ3v) is 5.58. The van der Waals surface area contributed by atoms with Crippen molar-refractivity contribution in [1.29, 1.82) is 0 Å². The monoisotopic (exact) mass is 445 g/mol. The third-order valence-electron chi connectivity index (χ3n) is 5.58. The molecular weight excluding hydrogens is 406 g/mol. The van der Waals surface area contributed by atoms with Crippen molar-refractivity contribution >= 4 is 17.9 Å². The molecule has 1 aliphatic carbocycles. The van der Waals surface area contributed by atoms with Gasteiger partial charge in [-0.3, -0.25) is 9.59 Å². The molecule has 0 heterocycles. The van der Waals surface area contributed by atoms with Crippen LogP contribution in [0.2, 0.25) is 0 Å². The number of ether oxygens (including phenoxy) is 1. The van der Waals surface area contributed by atoms with Crippen molar-refractivity contribution in [2.24, 2.45) is 0 Å². The minimum absolute atomic E-state index is 0.00867. The van der Waals surface area contributed by atoms with E-state index in [-0.39, 0.29) is 23.9 Å². The summed E-state index contributed by atoms with van der Waals surface area (Å²) in [6.45, 7) is 11.0. The number of alkyl carbamates (subject to hydrolysis) is 1. The second-order valence-corrected chi connectivity index (χ2v) is 9.71. The van der Waals surface area contributed by atoms with Crippen LogP contribution in [-0.4, -0.2) is 46.5 Å². The zero-order valence-electron chi connectivity index (χ0n) is 20.3. The average Bonchev–Trinajstić information content (AvgIpc) is 2.64. The Bertz CT molecular complexity index is 771. The van der Waals surface area contributed by atoms with Crippen molar-refractivity contribution in [3.05, 3.63) is 35.9 Å². The van der Waals surface area contributed by atoms with Gasteiger partial charge in [0, 0.05) is 12.1 Å². The second-order valence-electron chi connectivity index (χ2n) is 9.71. The highest BCUT2D eigenvalue weighted by Crippen LogP contribution is 2.33. The van der Waals surface area contributed by atoms with Crippen molar-refractivity contribution in [3.8, 4) is 0 Å². The molecule has 1 saturated carbocycles. The molecule has 0 radical (unpaired) electrons. The summed E-state index contributed by atoms with van der Waals surface area (Å²) < 4.78 is 5.31. The minimum Gasteiger partial charge on any atom is -0.444 e. The van der Waals surface area contributed by atoms with Crippen LogP contribution < -0.4 is 10.6 Å². The molecule has 1 aromatic rings. The summed E-state index contributed by atoms with van der Waals surface area (Å²) in [6.07, 6.45) is 3.86. The zero-order chi connectivity index (χ0) is 23.9. The summed E-state index contributed by atoms with van der Waals surface area (Å²) in [7, 11) is 0. The molecule has 1 fully saturated rings. The van der Waals surface area contributed by atoms with E-state index in [2.05, 4.69) is 17.6 Å². The maximum atomic E-state index is 13.6. The van der Waals surface area contributed by atoms with Crippen molar-refractivity contribution in [2.45, 2.75) is 103 Å². The molecule has 0 aromatic heterocycles. The van der Waals surface area contributed by atoms with Crippen LogP contribution in [0.5, 0.6) is 0 Å². The van der Waals surface area contributed by atoms with Crippen molar-refractivity contribution < 1.29 is 19.1 Å². The first-order valence-electron chi connectivity index (χ1n) is 11.7. The number of amides is 3. The minimum atomic E-state index is -0.822. The van der Waals surface area contributed by atoms with Crippen LogP contribution in [0.4, 0.5) is 4.79 Å². The van der Waals surface area contributed by atoms with Gasteiger partial charge in [-0.25, -0.2) is 4.79 Å². The Hall–Kier alpha value is -2.57. The number of carbonyl (C=O) groups is 3. The van der Waals surface area contributed by atoms with Crippen LogP contribution >= 0.6 is 0 Å². The van der Waals surface area contributed by atoms with Crippen LogP contribution in [0.3, 0.4) is 0 Å². The summed E-state index contributed by atoms with van der Waals surface area (Å²) >= 11 is 0. The molecule has 1 aromatic carbocycles. The fraction of sp³-hybridized carbons (Fsp3) is 0.640. The lowest BCUT2D eigenvalue weighted by Gasteiger charge is -2.43. The molecule has 0 spiro atoms. The van der Waals surface area contributed by atoms with Gasteiger partial charge in [-0.15, -0.1) is 0 Å². The van der Waals surface area contributed by atoms with Crippen LogP contribution in [0.15, 0.2) is 30.3 Å². The Balaban J connectivity index is 2.31. The normalized spacial score (nSPS) is 16.8. The van der Waals surface area contributed by atoms with Gasteiger partial charge >= 0.3 is 6.09 Å². The van der Waals surface area contributed by atoms with Gasteiger partial charge in [-0.1, -0.05) is 43.7 Å². The highest BCUT2D eigenvalue weighted by Gasteiger charge is 2.41. The van der Waals surface area contributed by atoms with Gasteiger partial charge in [0.2, 0.25) is 11.8 Å². The van der Waals surface area contributed by atoms with E-state index in [0.29, 0.717) is 0 Å². The first-order chi connectivity index (χ1) is 15.0. The molecule has 0 aliphatic heterocycles. The summed E-state index contributed by atoms with van der Waals surface area (Å²) in [6, 6.07) is 7.78. The Morgan fingerprint density at radius 3 is 2.22 bits per heavy atom. The Kier molecular flexibility index (Phi) is 9.10. The van der Waals surface area contributed by atoms with Crippen LogP contribution in [-0.2, 0) is 14.3 Å². The van der Waals surface area contributed by atoms with Crippen LogP contribution in [0.1, 0.15) is 85.3 Å². The molecule has 7 heteroatoms. The second kappa shape index (κ2) is 11.3. The van der Waals surface area contributed by atoms with E-state index in [0.717, 1.165) is 37.7 Å². The first-order valence-corrected chi connectivity index (χ1v) is 11.7. The van der Waals surface area contributed by atoms with Gasteiger partial charge < -0.3 is 20.3 Å². The van der Waals surface area contributed by atoms with E-state index in [9.17, 15) is 14.4 Å². The Labute approximate surface area is 192 Å². The molecule has 1 aliphatic rings. The zero-order valence-corrected chi connectivity index (χ0v) is 20.3. The highest BCUT2D eigenvalue weighted by molar-refractivity contribution is 5.92. The van der Waals surface area contributed by atoms with Gasteiger partial charge in [0.25, 0.3) is 0 Å². The molecule has 3 unspecified atom stereocenters. The van der Waals surface area contributed by atoms with Gasteiger partial charge in [0.15, 0.2) is 0 Å². The molecule has 2 rings (SSSR count). The molecule has 0 saturated heterocycles. The number of hydrogen-bond acceptors (Lipinski definition) is 4. The molecular formula is C25H39N3O4. The SMILES string of the molecule is CCCC(C)NC(=O)C(c1ccccc1)N(C(=O)C(C)NC(=O)OC(C)(C)C)C1CCC1. The maximum Gasteiger partial charge on any atom is 0.408 e. The van der Waals surface area contributed by atoms with Gasteiger partial charge in [0.1, 0.15) is 17.7 Å². The van der Waals surface area contributed by atoms with Crippen LogP contribution in [0, 0.1) is 0 Å². The molecule has 32 heavy (non-hydrogen) atoms. The molecule has 3 atom stereocenters. The lowest BCUT2D eigenvalue weighted by atomic mass is 9.88. The number of hydrogen-bond donors (Lipinski definition) is 2. The van der Waals surface area contributed by atoms with Crippen molar-refractivity contribution in [3.63, 3.8) is 0 Å². The molecule has 7 nitrogen and oxygen atoms in total.